The van der Waals surface area contributed by atoms with E-state index in [1.165, 1.54) is 11.8 Å². The van der Waals surface area contributed by atoms with Crippen molar-refractivity contribution in [3.63, 3.8) is 0 Å². The van der Waals surface area contributed by atoms with Gasteiger partial charge in [-0.3, -0.25) is 4.79 Å². The van der Waals surface area contributed by atoms with Crippen molar-refractivity contribution in [2.75, 3.05) is 18.9 Å². The normalized spacial score (nSPS) is 14.0. The van der Waals surface area contributed by atoms with E-state index in [1.807, 2.05) is 38.1 Å². The number of aromatic nitrogens is 1. The van der Waals surface area contributed by atoms with Crippen LogP contribution in [0.5, 0.6) is 0 Å². The molecule has 0 amide bonds. The van der Waals surface area contributed by atoms with E-state index >= 15 is 0 Å². The summed E-state index contributed by atoms with van der Waals surface area (Å²) in [5, 5.41) is 3.74. The molecule has 1 unspecified atom stereocenters. The minimum Gasteiger partial charge on any atom is -0.465 e. The zero-order valence-corrected chi connectivity index (χ0v) is 13.3. The molecular formula is C15H20N2O3S. The van der Waals surface area contributed by atoms with Crippen LogP contribution in [-0.2, 0) is 9.53 Å². The molecule has 5 nitrogen and oxygen atoms in total. The summed E-state index contributed by atoms with van der Waals surface area (Å²) in [5.41, 5.74) is 0.818. The van der Waals surface area contributed by atoms with E-state index in [4.69, 9.17) is 9.15 Å². The molecule has 0 saturated heterocycles. The molecule has 1 heterocycles. The molecule has 6 heteroatoms. The molecule has 0 bridgehead atoms. The van der Waals surface area contributed by atoms with E-state index in [9.17, 15) is 4.79 Å². The van der Waals surface area contributed by atoms with Gasteiger partial charge in [0.2, 0.25) is 0 Å². The standard InChI is InChI=1S/C15H20N2O3S/c1-4-16-15(3,13(18)19-5-2)10-21-14-17-11-8-6-7-9-12(11)20-14/h6-9,16H,4-5,10H2,1-3H3. The number of oxazole rings is 1. The maximum atomic E-state index is 12.1. The third-order valence-electron chi connectivity index (χ3n) is 3.05. The van der Waals surface area contributed by atoms with Gasteiger partial charge in [-0.1, -0.05) is 30.8 Å². The van der Waals surface area contributed by atoms with Crippen LogP contribution in [0.25, 0.3) is 11.1 Å². The van der Waals surface area contributed by atoms with Crippen molar-refractivity contribution in [3.8, 4) is 0 Å². The van der Waals surface area contributed by atoms with E-state index in [-0.39, 0.29) is 5.97 Å². The van der Waals surface area contributed by atoms with Gasteiger partial charge in [0.05, 0.1) is 6.61 Å². The fourth-order valence-corrected chi connectivity index (χ4v) is 2.93. The molecule has 0 aliphatic rings. The summed E-state index contributed by atoms with van der Waals surface area (Å²) in [7, 11) is 0. The van der Waals surface area contributed by atoms with Crippen molar-refractivity contribution in [1.82, 2.24) is 10.3 Å². The van der Waals surface area contributed by atoms with Crippen LogP contribution < -0.4 is 5.32 Å². The van der Waals surface area contributed by atoms with E-state index in [2.05, 4.69) is 10.3 Å². The Balaban J connectivity index is 2.08. The monoisotopic (exact) mass is 308 g/mol. The van der Waals surface area contributed by atoms with Gasteiger partial charge in [0.25, 0.3) is 5.22 Å². The number of benzene rings is 1. The van der Waals surface area contributed by atoms with Gasteiger partial charge >= 0.3 is 5.97 Å². The van der Waals surface area contributed by atoms with Gasteiger partial charge in [0.15, 0.2) is 5.58 Å². The summed E-state index contributed by atoms with van der Waals surface area (Å²) in [6, 6.07) is 7.60. The highest BCUT2D eigenvalue weighted by atomic mass is 32.2. The number of carbonyl (C=O) groups is 1. The lowest BCUT2D eigenvalue weighted by Crippen LogP contribution is -2.52. The second-order valence-corrected chi connectivity index (χ2v) is 5.75. The van der Waals surface area contributed by atoms with Crippen LogP contribution in [0.15, 0.2) is 33.9 Å². The maximum absolute atomic E-state index is 12.1. The average molecular weight is 308 g/mol. The average Bonchev–Trinajstić information content (AvgIpc) is 2.88. The molecule has 21 heavy (non-hydrogen) atoms. The third-order valence-corrected chi connectivity index (χ3v) is 4.19. The van der Waals surface area contributed by atoms with Crippen molar-refractivity contribution in [1.29, 1.82) is 0 Å². The smallest absolute Gasteiger partial charge is 0.326 e. The molecule has 0 aliphatic carbocycles. The molecule has 0 saturated carbocycles. The van der Waals surface area contributed by atoms with Crippen molar-refractivity contribution < 1.29 is 13.9 Å². The lowest BCUT2D eigenvalue weighted by Gasteiger charge is -2.27. The Kier molecular flexibility index (Phi) is 5.25. The van der Waals surface area contributed by atoms with Crippen LogP contribution in [0.4, 0.5) is 0 Å². The Hall–Kier alpha value is -1.53. The number of ether oxygens (including phenoxy) is 1. The highest BCUT2D eigenvalue weighted by Gasteiger charge is 2.34. The number of likely N-dealkylation sites (N-methyl/N-ethyl adjacent to an activating group) is 1. The number of fused-ring (bicyclic) bond motifs is 1. The van der Waals surface area contributed by atoms with Crippen LogP contribution in [0.1, 0.15) is 20.8 Å². The predicted molar refractivity (Wildman–Crippen MR) is 83.4 cm³/mol. The zero-order valence-electron chi connectivity index (χ0n) is 12.5. The van der Waals surface area contributed by atoms with Crippen LogP contribution in [0.3, 0.4) is 0 Å². The number of nitrogens with zero attached hydrogens (tertiary/aromatic N) is 1. The summed E-state index contributed by atoms with van der Waals surface area (Å²) in [6.07, 6.45) is 0. The fourth-order valence-electron chi connectivity index (χ4n) is 1.98. The van der Waals surface area contributed by atoms with Crippen molar-refractivity contribution >= 4 is 28.8 Å². The molecule has 0 radical (unpaired) electrons. The summed E-state index contributed by atoms with van der Waals surface area (Å²) >= 11 is 1.41. The maximum Gasteiger partial charge on any atom is 0.326 e. The number of para-hydroxylation sites is 2. The number of carbonyl (C=O) groups excluding carboxylic acids is 1. The van der Waals surface area contributed by atoms with Gasteiger partial charge < -0.3 is 14.5 Å². The summed E-state index contributed by atoms with van der Waals surface area (Å²) in [4.78, 5) is 16.5. The third kappa shape index (κ3) is 3.77. The van der Waals surface area contributed by atoms with Gasteiger partial charge in [0.1, 0.15) is 11.1 Å². The molecule has 2 aromatic rings. The first-order chi connectivity index (χ1) is 10.1. The second-order valence-electron chi connectivity index (χ2n) is 4.82. The van der Waals surface area contributed by atoms with Gasteiger partial charge in [0, 0.05) is 5.75 Å². The molecule has 1 atom stereocenters. The van der Waals surface area contributed by atoms with Crippen LogP contribution in [0.2, 0.25) is 0 Å². The molecular weight excluding hydrogens is 288 g/mol. The summed E-state index contributed by atoms with van der Waals surface area (Å²) < 4.78 is 10.8. The van der Waals surface area contributed by atoms with Crippen molar-refractivity contribution in [2.45, 2.75) is 31.5 Å². The van der Waals surface area contributed by atoms with Gasteiger partial charge in [-0.05, 0) is 32.5 Å². The van der Waals surface area contributed by atoms with Crippen LogP contribution >= 0.6 is 11.8 Å². The lowest BCUT2D eigenvalue weighted by atomic mass is 10.1. The van der Waals surface area contributed by atoms with Gasteiger partial charge in [-0.15, -0.1) is 0 Å². The highest BCUT2D eigenvalue weighted by Crippen LogP contribution is 2.26. The number of thioether (sulfide) groups is 1. The SMILES string of the molecule is CCNC(C)(CSc1nc2ccccc2o1)C(=O)OCC. The number of hydrogen-bond donors (Lipinski definition) is 1. The molecule has 1 aromatic carbocycles. The molecule has 0 spiro atoms. The Morgan fingerprint density at radius 3 is 2.86 bits per heavy atom. The molecule has 114 valence electrons. The van der Waals surface area contributed by atoms with Crippen LogP contribution in [-0.4, -0.2) is 35.4 Å². The first kappa shape index (κ1) is 15.9. The Morgan fingerprint density at radius 2 is 2.19 bits per heavy atom. The van der Waals surface area contributed by atoms with E-state index < -0.39 is 5.54 Å². The Bertz CT molecular complexity index is 581. The zero-order chi connectivity index (χ0) is 15.3. The first-order valence-electron chi connectivity index (χ1n) is 6.99. The summed E-state index contributed by atoms with van der Waals surface area (Å²) in [5.74, 6) is 0.238. The predicted octanol–water partition coefficient (Wildman–Crippen LogP) is 2.85. The lowest BCUT2D eigenvalue weighted by molar-refractivity contribution is -0.149. The number of rotatable bonds is 7. The number of esters is 1. The van der Waals surface area contributed by atoms with Crippen molar-refractivity contribution in [3.05, 3.63) is 24.3 Å². The molecule has 2 rings (SSSR count). The van der Waals surface area contributed by atoms with Gasteiger partial charge in [-0.25, -0.2) is 4.98 Å². The van der Waals surface area contributed by atoms with Gasteiger partial charge in [-0.2, -0.15) is 0 Å². The minimum atomic E-state index is -0.754. The molecule has 1 N–H and O–H groups in total. The van der Waals surface area contributed by atoms with E-state index in [0.717, 1.165) is 11.1 Å². The fraction of sp³-hybridized carbons (Fsp3) is 0.467. The quantitative estimate of drug-likeness (QED) is 0.627. The molecule has 0 aliphatic heterocycles. The second kappa shape index (κ2) is 6.95. The van der Waals surface area contributed by atoms with E-state index in [1.54, 1.807) is 6.92 Å². The van der Waals surface area contributed by atoms with Crippen molar-refractivity contribution in [2.24, 2.45) is 0 Å². The number of nitrogens with one attached hydrogen (secondary N) is 1. The Morgan fingerprint density at radius 1 is 1.43 bits per heavy atom. The highest BCUT2D eigenvalue weighted by molar-refractivity contribution is 7.99. The largest absolute Gasteiger partial charge is 0.465 e. The minimum absolute atomic E-state index is 0.254. The molecule has 0 fully saturated rings. The topological polar surface area (TPSA) is 64.4 Å². The summed E-state index contributed by atoms with van der Waals surface area (Å²) in [6.45, 7) is 6.65. The first-order valence-corrected chi connectivity index (χ1v) is 7.98. The van der Waals surface area contributed by atoms with Crippen LogP contribution in [0, 0.1) is 0 Å². The molecule has 1 aromatic heterocycles. The Labute approximate surface area is 128 Å². The van der Waals surface area contributed by atoms with E-state index in [0.29, 0.717) is 24.1 Å². The number of hydrogen-bond acceptors (Lipinski definition) is 6.